The van der Waals surface area contributed by atoms with Gasteiger partial charge in [0.25, 0.3) is 0 Å². The van der Waals surface area contributed by atoms with Gasteiger partial charge in [-0.3, -0.25) is 4.98 Å². The molecule has 4 rings (SSSR count). The number of hydrogen-bond acceptors (Lipinski definition) is 6. The van der Waals surface area contributed by atoms with Crippen molar-refractivity contribution < 1.29 is 9.13 Å². The van der Waals surface area contributed by atoms with E-state index < -0.39 is 0 Å². The molecule has 0 radical (unpaired) electrons. The van der Waals surface area contributed by atoms with Gasteiger partial charge in [-0.25, -0.2) is 14.4 Å². The van der Waals surface area contributed by atoms with Crippen molar-refractivity contribution in [2.24, 2.45) is 0 Å². The molecular weight excluding hydrogens is 387 g/mol. The van der Waals surface area contributed by atoms with Gasteiger partial charge in [-0.2, -0.15) is 0 Å². The number of thiazole rings is 1. The minimum atomic E-state index is -0.270. The van der Waals surface area contributed by atoms with Gasteiger partial charge in [0.15, 0.2) is 5.65 Å². The standard InChI is InChI=1S/C22H25FN4OS/c1-13-8-18(9-14(2)24-13)28-12-17-6-5-7-27(11-17)15(3)21-19(23)10-20-22(26-21)25-16(4)29-20/h8-11,15H,5-7,12H2,1-4H3. The summed E-state index contributed by atoms with van der Waals surface area (Å²) in [5.41, 5.74) is 4.16. The second-order valence-corrected chi connectivity index (χ2v) is 8.82. The highest BCUT2D eigenvalue weighted by Gasteiger charge is 2.22. The van der Waals surface area contributed by atoms with E-state index in [-0.39, 0.29) is 11.9 Å². The fourth-order valence-corrected chi connectivity index (χ4v) is 4.53. The van der Waals surface area contributed by atoms with Crippen LogP contribution in [0, 0.1) is 26.6 Å². The molecule has 1 aliphatic heterocycles. The summed E-state index contributed by atoms with van der Waals surface area (Å²) in [4.78, 5) is 15.5. The van der Waals surface area contributed by atoms with E-state index in [0.29, 0.717) is 17.9 Å². The lowest BCUT2D eigenvalue weighted by atomic mass is 10.1. The third-order valence-electron chi connectivity index (χ3n) is 5.11. The molecule has 0 bridgehead atoms. The number of pyridine rings is 2. The van der Waals surface area contributed by atoms with E-state index in [2.05, 4.69) is 26.1 Å². The fraction of sp³-hybridized carbons (Fsp3) is 0.409. The topological polar surface area (TPSA) is 51.1 Å². The zero-order chi connectivity index (χ0) is 20.5. The van der Waals surface area contributed by atoms with Crippen molar-refractivity contribution >= 4 is 21.7 Å². The number of fused-ring (bicyclic) bond motifs is 1. The molecule has 0 saturated heterocycles. The Morgan fingerprint density at radius 3 is 2.66 bits per heavy atom. The first kappa shape index (κ1) is 19.8. The maximum Gasteiger partial charge on any atom is 0.171 e. The molecule has 0 aliphatic carbocycles. The van der Waals surface area contributed by atoms with Crippen LogP contribution in [-0.4, -0.2) is 33.0 Å². The van der Waals surface area contributed by atoms with Gasteiger partial charge in [-0.05, 0) is 52.2 Å². The third kappa shape index (κ3) is 4.40. The molecule has 0 amide bonds. The highest BCUT2D eigenvalue weighted by molar-refractivity contribution is 7.18. The Bertz CT molecular complexity index is 1060. The van der Waals surface area contributed by atoms with Gasteiger partial charge < -0.3 is 9.64 Å². The van der Waals surface area contributed by atoms with Crippen LogP contribution in [0.25, 0.3) is 10.3 Å². The molecule has 0 spiro atoms. The monoisotopic (exact) mass is 412 g/mol. The predicted molar refractivity (Wildman–Crippen MR) is 114 cm³/mol. The SMILES string of the molecule is Cc1cc(OCC2=CN(C(C)c3nc4nc(C)sc4cc3F)CCC2)cc(C)n1. The van der Waals surface area contributed by atoms with Crippen molar-refractivity contribution in [1.82, 2.24) is 19.9 Å². The van der Waals surface area contributed by atoms with E-state index >= 15 is 0 Å². The molecule has 0 saturated carbocycles. The molecule has 1 atom stereocenters. The van der Waals surface area contributed by atoms with Crippen molar-refractivity contribution in [3.8, 4) is 5.75 Å². The minimum absolute atomic E-state index is 0.165. The third-order valence-corrected chi connectivity index (χ3v) is 6.01. The molecule has 7 heteroatoms. The van der Waals surface area contributed by atoms with E-state index in [1.165, 1.54) is 16.9 Å². The van der Waals surface area contributed by atoms with E-state index in [4.69, 9.17) is 4.74 Å². The normalized spacial score (nSPS) is 15.5. The highest BCUT2D eigenvalue weighted by Crippen LogP contribution is 2.30. The summed E-state index contributed by atoms with van der Waals surface area (Å²) in [5, 5.41) is 0.899. The first-order valence-corrected chi connectivity index (χ1v) is 10.7. The van der Waals surface area contributed by atoms with Gasteiger partial charge in [0, 0.05) is 36.3 Å². The second kappa shape index (κ2) is 8.06. The van der Waals surface area contributed by atoms with Gasteiger partial charge in [-0.1, -0.05) is 0 Å². The average Bonchev–Trinajstić information content (AvgIpc) is 3.03. The summed E-state index contributed by atoms with van der Waals surface area (Å²) >= 11 is 1.47. The van der Waals surface area contributed by atoms with Crippen molar-refractivity contribution in [3.05, 3.63) is 57.9 Å². The molecule has 152 valence electrons. The smallest absolute Gasteiger partial charge is 0.171 e. The maximum absolute atomic E-state index is 14.7. The number of nitrogens with zero attached hydrogens (tertiary/aromatic N) is 4. The lowest BCUT2D eigenvalue weighted by molar-refractivity contribution is 0.255. The summed E-state index contributed by atoms with van der Waals surface area (Å²) in [6, 6.07) is 5.29. The van der Waals surface area contributed by atoms with E-state index in [0.717, 1.165) is 46.2 Å². The van der Waals surface area contributed by atoms with Crippen LogP contribution in [0.4, 0.5) is 4.39 Å². The average molecular weight is 413 g/mol. The quantitative estimate of drug-likeness (QED) is 0.571. The van der Waals surface area contributed by atoms with Crippen molar-refractivity contribution in [2.75, 3.05) is 13.2 Å². The van der Waals surface area contributed by atoms with Crippen LogP contribution >= 0.6 is 11.3 Å². The molecule has 5 nitrogen and oxygen atoms in total. The van der Waals surface area contributed by atoms with Gasteiger partial charge >= 0.3 is 0 Å². The number of halogens is 1. The molecule has 4 heterocycles. The van der Waals surface area contributed by atoms with Crippen molar-refractivity contribution in [3.63, 3.8) is 0 Å². The van der Waals surface area contributed by atoms with Crippen LogP contribution in [0.3, 0.4) is 0 Å². The van der Waals surface area contributed by atoms with Gasteiger partial charge in [0.2, 0.25) is 0 Å². The Balaban J connectivity index is 1.51. The van der Waals surface area contributed by atoms with Gasteiger partial charge in [0.05, 0.1) is 15.7 Å². The molecule has 0 aromatic carbocycles. The van der Waals surface area contributed by atoms with Crippen LogP contribution in [0.15, 0.2) is 30.0 Å². The Kier molecular flexibility index (Phi) is 5.50. The highest BCUT2D eigenvalue weighted by atomic mass is 32.1. The molecule has 0 N–H and O–H groups in total. The Morgan fingerprint density at radius 2 is 1.90 bits per heavy atom. The molecule has 1 aliphatic rings. The van der Waals surface area contributed by atoms with Crippen LogP contribution < -0.4 is 4.74 Å². The maximum atomic E-state index is 14.7. The first-order valence-electron chi connectivity index (χ1n) is 9.86. The molecule has 1 unspecified atom stereocenters. The fourth-order valence-electron chi connectivity index (χ4n) is 3.74. The number of aryl methyl sites for hydroxylation is 3. The van der Waals surface area contributed by atoms with E-state index in [1.54, 1.807) is 6.07 Å². The molecule has 0 fully saturated rings. The second-order valence-electron chi connectivity index (χ2n) is 7.59. The Labute approximate surface area is 174 Å². The predicted octanol–water partition coefficient (Wildman–Crippen LogP) is 5.27. The summed E-state index contributed by atoms with van der Waals surface area (Å²) in [7, 11) is 0. The van der Waals surface area contributed by atoms with Crippen molar-refractivity contribution in [1.29, 1.82) is 0 Å². The lowest BCUT2D eigenvalue weighted by Gasteiger charge is -2.32. The van der Waals surface area contributed by atoms with Gasteiger partial charge in [-0.15, -0.1) is 11.3 Å². The van der Waals surface area contributed by atoms with Gasteiger partial charge in [0.1, 0.15) is 23.9 Å². The number of aromatic nitrogens is 3. The number of ether oxygens (including phenoxy) is 1. The molecule has 29 heavy (non-hydrogen) atoms. The number of hydrogen-bond donors (Lipinski definition) is 0. The summed E-state index contributed by atoms with van der Waals surface area (Å²) in [6.45, 7) is 9.22. The first-order chi connectivity index (χ1) is 13.9. The number of rotatable bonds is 5. The van der Waals surface area contributed by atoms with Crippen LogP contribution in [0.2, 0.25) is 0 Å². The van der Waals surface area contributed by atoms with Crippen molar-refractivity contribution in [2.45, 2.75) is 46.6 Å². The van der Waals surface area contributed by atoms with E-state index in [1.807, 2.05) is 39.8 Å². The van der Waals surface area contributed by atoms with Crippen LogP contribution in [0.5, 0.6) is 5.75 Å². The summed E-state index contributed by atoms with van der Waals surface area (Å²) in [5.74, 6) is 0.561. The summed E-state index contributed by atoms with van der Waals surface area (Å²) in [6.07, 6.45) is 4.09. The largest absolute Gasteiger partial charge is 0.489 e. The van der Waals surface area contributed by atoms with E-state index in [9.17, 15) is 4.39 Å². The Hall–Kier alpha value is -2.54. The Morgan fingerprint density at radius 1 is 1.14 bits per heavy atom. The molecule has 3 aromatic rings. The van der Waals surface area contributed by atoms with Crippen LogP contribution in [0.1, 0.15) is 47.9 Å². The molecule has 3 aromatic heterocycles. The summed E-state index contributed by atoms with van der Waals surface area (Å²) < 4.78 is 21.5. The molecular formula is C22H25FN4OS. The minimum Gasteiger partial charge on any atom is -0.489 e. The van der Waals surface area contributed by atoms with Crippen LogP contribution in [-0.2, 0) is 0 Å². The lowest BCUT2D eigenvalue weighted by Crippen LogP contribution is -2.28. The zero-order valence-electron chi connectivity index (χ0n) is 17.2. The zero-order valence-corrected chi connectivity index (χ0v) is 18.0.